The second kappa shape index (κ2) is 19.1. The van der Waals surface area contributed by atoms with Gasteiger partial charge in [-0.25, -0.2) is 0 Å². The number of hydrogen-bond donors (Lipinski definition) is 0. The van der Waals surface area contributed by atoms with E-state index in [4.69, 9.17) is 9.98 Å². The number of aliphatic imine (C=N–C) groups is 2. The van der Waals surface area contributed by atoms with Crippen LogP contribution in [0.25, 0.3) is 50.1 Å². The van der Waals surface area contributed by atoms with Crippen LogP contribution in [-0.2, 0) is 5.41 Å². The van der Waals surface area contributed by atoms with Gasteiger partial charge in [-0.2, -0.15) is 0 Å². The molecule has 0 fully saturated rings. The Labute approximate surface area is 434 Å². The van der Waals surface area contributed by atoms with Crippen LogP contribution in [0.3, 0.4) is 0 Å². The monoisotopic (exact) mass is 947 g/mol. The molecule has 0 bridgehead atoms. The van der Waals surface area contributed by atoms with Gasteiger partial charge in [-0.15, -0.1) is 0 Å². The van der Waals surface area contributed by atoms with Crippen LogP contribution in [0.1, 0.15) is 58.5 Å². The highest BCUT2D eigenvalue weighted by Crippen LogP contribution is 2.63. The number of anilines is 3. The standard InChI is InChI=1S/C71H53N3/c1-49-44-51(34-42-61(49)55-20-7-3-8-21-55)48-73-70(56-39-37-53(38-40-56)52-18-5-2-6-19-52)72-47-50-32-35-54(36-33-50)57-22-17-23-58(45-57)59-41-43-63-62-26-11-12-27-64(62)71(67(63)46-59)65-28-13-15-30-68(65)74(60-24-9-4-10-25-60)69-31-16-14-29-66(69)71/h2-43,45-49,70H,44H2,1H3. The van der Waals surface area contributed by atoms with Crippen LogP contribution in [0.15, 0.2) is 282 Å². The Bertz CT molecular complexity index is 3760. The van der Waals surface area contributed by atoms with E-state index in [0.29, 0.717) is 5.92 Å². The normalized spacial score (nSPS) is 15.5. The Morgan fingerprint density at radius 2 is 0.919 bits per heavy atom. The molecule has 10 aromatic carbocycles. The third-order valence-corrected chi connectivity index (χ3v) is 15.3. The van der Waals surface area contributed by atoms with Crippen molar-refractivity contribution in [1.82, 2.24) is 0 Å². The molecule has 1 heterocycles. The predicted molar refractivity (Wildman–Crippen MR) is 310 cm³/mol. The summed E-state index contributed by atoms with van der Waals surface area (Å²) in [6.07, 6.45) is 9.00. The van der Waals surface area contributed by atoms with Crippen LogP contribution < -0.4 is 4.90 Å². The van der Waals surface area contributed by atoms with E-state index in [9.17, 15) is 0 Å². The maximum Gasteiger partial charge on any atom is 0.165 e. The Balaban J connectivity index is 0.818. The summed E-state index contributed by atoms with van der Waals surface area (Å²) in [7, 11) is 0. The SMILES string of the molecule is CC1CC(C=NC(N=Cc2ccc(-c3cccc(-c4ccc5c(c4)C4(c6ccccc6-5)c5ccccc5N(c5ccccc5)c5ccccc54)c3)cc2)c2ccc(-c3ccccc3)cc2)=CC=C1c1ccccc1. The van der Waals surface area contributed by atoms with Crippen LogP contribution in [0.2, 0.25) is 0 Å². The van der Waals surface area contributed by atoms with Crippen LogP contribution in [-0.4, -0.2) is 12.4 Å². The number of hydrogen-bond acceptors (Lipinski definition) is 3. The van der Waals surface area contributed by atoms with Crippen LogP contribution in [0.5, 0.6) is 0 Å². The summed E-state index contributed by atoms with van der Waals surface area (Å²) in [4.78, 5) is 12.7. The van der Waals surface area contributed by atoms with Crippen molar-refractivity contribution in [3.8, 4) is 44.5 Å². The van der Waals surface area contributed by atoms with Crippen molar-refractivity contribution in [2.24, 2.45) is 15.9 Å². The number of allylic oxidation sites excluding steroid dienone is 4. The molecule has 0 radical (unpaired) electrons. The summed E-state index contributed by atoms with van der Waals surface area (Å²) in [5.74, 6) is 0.388. The molecule has 0 saturated heterocycles. The van der Waals surface area contributed by atoms with Gasteiger partial charge in [0.05, 0.1) is 16.8 Å². The van der Waals surface area contributed by atoms with Crippen molar-refractivity contribution < 1.29 is 0 Å². The molecule has 13 rings (SSSR count). The van der Waals surface area contributed by atoms with Gasteiger partial charge in [0.2, 0.25) is 0 Å². The number of rotatable bonds is 10. The van der Waals surface area contributed by atoms with Crippen molar-refractivity contribution in [2.45, 2.75) is 24.9 Å². The van der Waals surface area contributed by atoms with Crippen LogP contribution in [0.4, 0.5) is 17.1 Å². The lowest BCUT2D eigenvalue weighted by molar-refractivity contribution is 0.741. The number of benzene rings is 10. The molecule has 3 aliphatic rings. The molecular weight excluding hydrogens is 895 g/mol. The van der Waals surface area contributed by atoms with E-state index in [0.717, 1.165) is 34.4 Å². The van der Waals surface area contributed by atoms with Crippen molar-refractivity contribution in [3.63, 3.8) is 0 Å². The van der Waals surface area contributed by atoms with Gasteiger partial charge in [-0.05, 0) is 143 Å². The molecule has 0 aromatic heterocycles. The van der Waals surface area contributed by atoms with E-state index >= 15 is 0 Å². The second-order valence-corrected chi connectivity index (χ2v) is 19.7. The molecule has 3 heteroatoms. The largest absolute Gasteiger partial charge is 0.310 e. The predicted octanol–water partition coefficient (Wildman–Crippen LogP) is 18.1. The minimum atomic E-state index is -0.513. The Morgan fingerprint density at radius 1 is 0.419 bits per heavy atom. The zero-order valence-corrected chi connectivity index (χ0v) is 41.3. The zero-order valence-electron chi connectivity index (χ0n) is 41.3. The quantitative estimate of drug-likeness (QED) is 0.126. The minimum absolute atomic E-state index is 0.388. The summed E-state index contributed by atoms with van der Waals surface area (Å²) in [6.45, 7) is 2.30. The van der Waals surface area contributed by atoms with Crippen LogP contribution >= 0.6 is 0 Å². The molecule has 1 aliphatic heterocycles. The van der Waals surface area contributed by atoms with Gasteiger partial charge in [0.25, 0.3) is 0 Å². The molecule has 0 saturated carbocycles. The molecule has 1 spiro atoms. The Morgan fingerprint density at radius 3 is 1.61 bits per heavy atom. The summed E-state index contributed by atoms with van der Waals surface area (Å²) < 4.78 is 0. The highest BCUT2D eigenvalue weighted by atomic mass is 15.2. The molecule has 2 aliphatic carbocycles. The molecular formula is C71H53N3. The number of nitrogens with zero attached hydrogens (tertiary/aromatic N) is 3. The first-order valence-electron chi connectivity index (χ1n) is 25.8. The molecule has 2 atom stereocenters. The van der Waals surface area contributed by atoms with Gasteiger partial charge < -0.3 is 4.90 Å². The average molecular weight is 948 g/mol. The molecule has 2 unspecified atom stereocenters. The summed E-state index contributed by atoms with van der Waals surface area (Å²) in [6, 6.07) is 92.6. The summed E-state index contributed by atoms with van der Waals surface area (Å²) >= 11 is 0. The smallest absolute Gasteiger partial charge is 0.165 e. The average Bonchev–Trinajstić information content (AvgIpc) is 3.76. The fourth-order valence-electron chi connectivity index (χ4n) is 11.8. The van der Waals surface area contributed by atoms with Crippen molar-refractivity contribution >= 4 is 35.1 Å². The molecule has 0 amide bonds. The number of fused-ring (bicyclic) bond motifs is 9. The van der Waals surface area contributed by atoms with Crippen molar-refractivity contribution in [2.75, 3.05) is 4.90 Å². The molecule has 352 valence electrons. The van der Waals surface area contributed by atoms with E-state index in [1.807, 2.05) is 12.4 Å². The minimum Gasteiger partial charge on any atom is -0.310 e. The molecule has 3 nitrogen and oxygen atoms in total. The highest BCUT2D eigenvalue weighted by molar-refractivity contribution is 5.97. The van der Waals surface area contributed by atoms with Crippen molar-refractivity contribution in [1.29, 1.82) is 0 Å². The zero-order chi connectivity index (χ0) is 49.4. The van der Waals surface area contributed by atoms with Gasteiger partial charge in [0.15, 0.2) is 6.17 Å². The van der Waals surface area contributed by atoms with Gasteiger partial charge >= 0.3 is 0 Å². The van der Waals surface area contributed by atoms with Gasteiger partial charge in [0, 0.05) is 18.1 Å². The van der Waals surface area contributed by atoms with E-state index in [1.54, 1.807) is 0 Å². The topological polar surface area (TPSA) is 28.0 Å². The second-order valence-electron chi connectivity index (χ2n) is 19.7. The first-order valence-corrected chi connectivity index (χ1v) is 25.8. The lowest BCUT2D eigenvalue weighted by Gasteiger charge is -2.45. The fraction of sp³-hybridized carbons (Fsp3) is 0.0704. The first kappa shape index (κ1) is 44.7. The molecule has 74 heavy (non-hydrogen) atoms. The van der Waals surface area contributed by atoms with Gasteiger partial charge in [-0.3, -0.25) is 9.98 Å². The maximum absolute atomic E-state index is 5.15. The Kier molecular flexibility index (Phi) is 11.5. The van der Waals surface area contributed by atoms with E-state index in [2.05, 4.69) is 279 Å². The third kappa shape index (κ3) is 7.95. The summed E-state index contributed by atoms with van der Waals surface area (Å²) in [5.41, 5.74) is 23.8. The summed E-state index contributed by atoms with van der Waals surface area (Å²) in [5, 5.41) is 0. The number of para-hydroxylation sites is 3. The van der Waals surface area contributed by atoms with Crippen LogP contribution in [0, 0.1) is 5.92 Å². The van der Waals surface area contributed by atoms with E-state index in [-0.39, 0.29) is 0 Å². The lowest BCUT2D eigenvalue weighted by Crippen LogP contribution is -2.36. The van der Waals surface area contributed by atoms with E-state index in [1.165, 1.54) is 83.7 Å². The fourth-order valence-corrected chi connectivity index (χ4v) is 11.8. The maximum atomic E-state index is 5.15. The third-order valence-electron chi connectivity index (χ3n) is 15.3. The van der Waals surface area contributed by atoms with Gasteiger partial charge in [-0.1, -0.05) is 237 Å². The Hall–Kier alpha value is -9.18. The van der Waals surface area contributed by atoms with Crippen molar-refractivity contribution in [3.05, 3.63) is 311 Å². The van der Waals surface area contributed by atoms with E-state index < -0.39 is 11.6 Å². The molecule has 0 N–H and O–H groups in total. The first-order chi connectivity index (χ1) is 36.6. The van der Waals surface area contributed by atoms with Gasteiger partial charge in [0.1, 0.15) is 0 Å². The molecule has 10 aromatic rings. The lowest BCUT2D eigenvalue weighted by atomic mass is 9.64. The highest BCUT2D eigenvalue weighted by Gasteiger charge is 2.51.